The highest BCUT2D eigenvalue weighted by Crippen LogP contribution is 2.26. The number of hydrogen-bond donors (Lipinski definition) is 0. The predicted molar refractivity (Wildman–Crippen MR) is 58.7 cm³/mol. The van der Waals surface area contributed by atoms with Crippen LogP contribution in [0, 0.1) is 5.82 Å². The maximum absolute atomic E-state index is 13.5. The molecule has 2 aromatic rings. The summed E-state index contributed by atoms with van der Waals surface area (Å²) in [7, 11) is 0. The number of hydrogen-bond acceptors (Lipinski definition) is 3. The van der Waals surface area contributed by atoms with Crippen molar-refractivity contribution >= 4 is 11.3 Å². The van der Waals surface area contributed by atoms with E-state index >= 15 is 0 Å². The van der Waals surface area contributed by atoms with Crippen LogP contribution in [-0.4, -0.2) is 11.6 Å². The number of halogens is 1. The van der Waals surface area contributed by atoms with E-state index in [9.17, 15) is 4.39 Å². The van der Waals surface area contributed by atoms with Gasteiger partial charge in [-0.2, -0.15) is 0 Å². The lowest BCUT2D eigenvalue weighted by Crippen LogP contribution is -1.94. The van der Waals surface area contributed by atoms with E-state index in [0.29, 0.717) is 6.61 Å². The molecule has 1 aromatic heterocycles. The molecule has 0 radical (unpaired) electrons. The van der Waals surface area contributed by atoms with Crippen molar-refractivity contribution in [2.45, 2.75) is 6.92 Å². The van der Waals surface area contributed by atoms with Crippen molar-refractivity contribution in [3.05, 3.63) is 35.6 Å². The van der Waals surface area contributed by atoms with Gasteiger partial charge < -0.3 is 4.74 Å². The van der Waals surface area contributed by atoms with Crippen molar-refractivity contribution < 1.29 is 9.13 Å². The first kappa shape index (κ1) is 10.1. The average molecular weight is 223 g/mol. The van der Waals surface area contributed by atoms with Crippen molar-refractivity contribution in [3.8, 4) is 16.3 Å². The Morgan fingerprint density at radius 3 is 2.93 bits per heavy atom. The minimum atomic E-state index is -0.343. The summed E-state index contributed by atoms with van der Waals surface area (Å²) in [5.74, 6) is -0.0534. The van der Waals surface area contributed by atoms with E-state index in [1.165, 1.54) is 17.4 Å². The molecule has 0 atom stereocenters. The fourth-order valence-electron chi connectivity index (χ4n) is 1.27. The molecule has 2 rings (SSSR count). The summed E-state index contributed by atoms with van der Waals surface area (Å²) in [5.41, 5.74) is 0.783. The lowest BCUT2D eigenvalue weighted by molar-refractivity contribution is 0.321. The number of rotatable bonds is 3. The Morgan fingerprint density at radius 1 is 1.47 bits per heavy atom. The van der Waals surface area contributed by atoms with E-state index in [-0.39, 0.29) is 11.6 Å². The van der Waals surface area contributed by atoms with Crippen LogP contribution < -0.4 is 4.74 Å². The first-order valence-corrected chi connectivity index (χ1v) is 5.51. The Morgan fingerprint density at radius 2 is 2.33 bits per heavy atom. The Hall–Kier alpha value is -1.42. The first-order chi connectivity index (χ1) is 7.31. The van der Waals surface area contributed by atoms with Crippen LogP contribution in [-0.2, 0) is 0 Å². The molecular formula is C11H10FNOS. The molecule has 0 aliphatic rings. The SMILES string of the molecule is CCOc1ccc(-c2nccs2)cc1F. The maximum atomic E-state index is 13.5. The molecule has 0 aliphatic carbocycles. The number of aromatic nitrogens is 1. The smallest absolute Gasteiger partial charge is 0.165 e. The molecule has 4 heteroatoms. The summed E-state index contributed by atoms with van der Waals surface area (Å²) in [5, 5.41) is 2.68. The Kier molecular flexibility index (Phi) is 2.97. The minimum Gasteiger partial charge on any atom is -0.491 e. The molecule has 0 aliphatic heterocycles. The summed E-state index contributed by atoms with van der Waals surface area (Å²) in [6.45, 7) is 2.29. The second-order valence-electron chi connectivity index (χ2n) is 2.92. The van der Waals surface area contributed by atoms with Gasteiger partial charge in [0.25, 0.3) is 0 Å². The minimum absolute atomic E-state index is 0.290. The fourth-order valence-corrected chi connectivity index (χ4v) is 1.91. The third-order valence-electron chi connectivity index (χ3n) is 1.91. The van der Waals surface area contributed by atoms with Gasteiger partial charge >= 0.3 is 0 Å². The van der Waals surface area contributed by atoms with Crippen molar-refractivity contribution in [1.82, 2.24) is 4.98 Å². The zero-order valence-electron chi connectivity index (χ0n) is 8.24. The summed E-state index contributed by atoms with van der Waals surface area (Å²) in [6, 6.07) is 4.90. The van der Waals surface area contributed by atoms with Gasteiger partial charge in [0.05, 0.1) is 6.61 Å². The summed E-state index contributed by atoms with van der Waals surface area (Å²) in [6.07, 6.45) is 1.70. The predicted octanol–water partition coefficient (Wildman–Crippen LogP) is 3.35. The van der Waals surface area contributed by atoms with Gasteiger partial charge in [0.1, 0.15) is 5.01 Å². The van der Waals surface area contributed by atoms with Gasteiger partial charge in [0.2, 0.25) is 0 Å². The molecule has 0 saturated heterocycles. The highest BCUT2D eigenvalue weighted by Gasteiger charge is 2.06. The molecule has 78 valence electrons. The van der Waals surface area contributed by atoms with E-state index in [4.69, 9.17) is 4.74 Å². The second-order valence-corrected chi connectivity index (χ2v) is 3.81. The van der Waals surface area contributed by atoms with Crippen molar-refractivity contribution in [2.75, 3.05) is 6.61 Å². The van der Waals surface area contributed by atoms with Crippen LogP contribution in [0.2, 0.25) is 0 Å². The zero-order chi connectivity index (χ0) is 10.7. The molecule has 15 heavy (non-hydrogen) atoms. The van der Waals surface area contributed by atoms with Gasteiger partial charge in [-0.3, -0.25) is 0 Å². The number of ether oxygens (including phenoxy) is 1. The molecule has 0 amide bonds. The second kappa shape index (κ2) is 4.40. The molecule has 0 N–H and O–H groups in total. The Bertz CT molecular complexity index is 442. The average Bonchev–Trinajstić information content (AvgIpc) is 2.74. The van der Waals surface area contributed by atoms with E-state index < -0.39 is 0 Å². The highest BCUT2D eigenvalue weighted by atomic mass is 32.1. The van der Waals surface area contributed by atoms with Gasteiger partial charge in [-0.05, 0) is 25.1 Å². The van der Waals surface area contributed by atoms with Gasteiger partial charge in [-0.1, -0.05) is 0 Å². The topological polar surface area (TPSA) is 22.1 Å². The largest absolute Gasteiger partial charge is 0.491 e. The van der Waals surface area contributed by atoms with Crippen LogP contribution in [0.25, 0.3) is 10.6 Å². The molecule has 0 unspecified atom stereocenters. The van der Waals surface area contributed by atoms with E-state index in [2.05, 4.69) is 4.98 Å². The highest BCUT2D eigenvalue weighted by molar-refractivity contribution is 7.13. The molecule has 0 spiro atoms. The van der Waals surface area contributed by atoms with Crippen LogP contribution in [0.15, 0.2) is 29.8 Å². The monoisotopic (exact) mass is 223 g/mol. The van der Waals surface area contributed by atoms with Crippen molar-refractivity contribution in [2.24, 2.45) is 0 Å². The quantitative estimate of drug-likeness (QED) is 0.796. The molecule has 0 saturated carbocycles. The summed E-state index contributed by atoms with van der Waals surface area (Å²) >= 11 is 1.49. The number of benzene rings is 1. The van der Waals surface area contributed by atoms with Crippen LogP contribution >= 0.6 is 11.3 Å². The lowest BCUT2D eigenvalue weighted by Gasteiger charge is -2.05. The van der Waals surface area contributed by atoms with Gasteiger partial charge in [0.15, 0.2) is 11.6 Å². The summed E-state index contributed by atoms with van der Waals surface area (Å²) < 4.78 is 18.6. The molecule has 1 heterocycles. The fraction of sp³-hybridized carbons (Fsp3) is 0.182. The van der Waals surface area contributed by atoms with Gasteiger partial charge in [-0.25, -0.2) is 9.37 Å². The Labute approximate surface area is 91.4 Å². The lowest BCUT2D eigenvalue weighted by atomic mass is 10.2. The molecule has 1 aromatic carbocycles. The molecule has 0 bridgehead atoms. The van der Waals surface area contributed by atoms with Crippen LogP contribution in [0.3, 0.4) is 0 Å². The number of thiazole rings is 1. The molecule has 2 nitrogen and oxygen atoms in total. The standard InChI is InChI=1S/C11H10FNOS/c1-2-14-10-4-3-8(7-9(10)12)11-13-5-6-15-11/h3-7H,2H2,1H3. The molecular weight excluding hydrogens is 213 g/mol. The van der Waals surface area contributed by atoms with Crippen LogP contribution in [0.1, 0.15) is 6.92 Å². The van der Waals surface area contributed by atoms with E-state index in [1.54, 1.807) is 12.3 Å². The van der Waals surface area contributed by atoms with Gasteiger partial charge in [0, 0.05) is 17.1 Å². The zero-order valence-corrected chi connectivity index (χ0v) is 9.05. The first-order valence-electron chi connectivity index (χ1n) is 4.63. The van der Waals surface area contributed by atoms with E-state index in [1.807, 2.05) is 18.4 Å². The Balaban J connectivity index is 2.33. The van der Waals surface area contributed by atoms with Gasteiger partial charge in [-0.15, -0.1) is 11.3 Å². The number of nitrogens with zero attached hydrogens (tertiary/aromatic N) is 1. The third-order valence-corrected chi connectivity index (χ3v) is 2.73. The summed E-state index contributed by atoms with van der Waals surface area (Å²) in [4.78, 5) is 4.11. The van der Waals surface area contributed by atoms with Crippen LogP contribution in [0.4, 0.5) is 4.39 Å². The van der Waals surface area contributed by atoms with E-state index in [0.717, 1.165) is 10.6 Å². The maximum Gasteiger partial charge on any atom is 0.165 e. The molecule has 0 fully saturated rings. The third kappa shape index (κ3) is 2.15. The van der Waals surface area contributed by atoms with Crippen molar-refractivity contribution in [1.29, 1.82) is 0 Å². The van der Waals surface area contributed by atoms with Crippen LogP contribution in [0.5, 0.6) is 5.75 Å². The van der Waals surface area contributed by atoms with Crippen molar-refractivity contribution in [3.63, 3.8) is 0 Å². The normalized spacial score (nSPS) is 10.3.